The Bertz CT molecular complexity index is 544. The van der Waals surface area contributed by atoms with Gasteiger partial charge in [-0.1, -0.05) is 56.1 Å². The zero-order valence-electron chi connectivity index (χ0n) is 11.2. The van der Waals surface area contributed by atoms with Crippen LogP contribution < -0.4 is 5.32 Å². The highest BCUT2D eigenvalue weighted by Gasteiger charge is 2.27. The van der Waals surface area contributed by atoms with Gasteiger partial charge in [-0.2, -0.15) is 0 Å². The van der Waals surface area contributed by atoms with Crippen LogP contribution in [0.2, 0.25) is 0 Å². The van der Waals surface area contributed by atoms with Gasteiger partial charge in [0.15, 0.2) is 0 Å². The van der Waals surface area contributed by atoms with Gasteiger partial charge in [0.2, 0.25) is 0 Å². The fraction of sp³-hybridized carbons (Fsp3) is 0.294. The fourth-order valence-electron chi connectivity index (χ4n) is 3.08. The van der Waals surface area contributed by atoms with Crippen molar-refractivity contribution in [2.75, 3.05) is 13.1 Å². The molecule has 1 saturated heterocycles. The van der Waals surface area contributed by atoms with Crippen LogP contribution in [0.1, 0.15) is 29.4 Å². The summed E-state index contributed by atoms with van der Waals surface area (Å²) in [5.74, 6) is 1.12. The molecule has 20 heavy (non-hydrogen) atoms. The van der Waals surface area contributed by atoms with E-state index >= 15 is 0 Å². The van der Waals surface area contributed by atoms with E-state index in [2.05, 4.69) is 85.7 Å². The molecular weight excluding hydrogens is 378 g/mol. The number of piperidine rings is 1. The average molecular weight is 395 g/mol. The van der Waals surface area contributed by atoms with Crippen LogP contribution in [0.25, 0.3) is 0 Å². The van der Waals surface area contributed by atoms with Gasteiger partial charge >= 0.3 is 0 Å². The minimum atomic E-state index is 0.538. The first-order chi connectivity index (χ1) is 9.74. The van der Waals surface area contributed by atoms with Crippen molar-refractivity contribution < 1.29 is 0 Å². The SMILES string of the molecule is Brc1cccc(C2CCNCC2c2cccc(Br)c2)c1. The molecule has 1 heterocycles. The molecule has 3 rings (SSSR count). The lowest BCUT2D eigenvalue weighted by Crippen LogP contribution is -2.34. The van der Waals surface area contributed by atoms with Crippen LogP contribution >= 0.6 is 31.9 Å². The molecule has 2 atom stereocenters. The van der Waals surface area contributed by atoms with Gasteiger partial charge in [-0.05, 0) is 54.3 Å². The second-order valence-electron chi connectivity index (χ2n) is 5.32. The summed E-state index contributed by atoms with van der Waals surface area (Å²) in [6.07, 6.45) is 1.19. The van der Waals surface area contributed by atoms with E-state index in [0.29, 0.717) is 11.8 Å². The third kappa shape index (κ3) is 3.16. The predicted molar refractivity (Wildman–Crippen MR) is 91.3 cm³/mol. The number of hydrogen-bond acceptors (Lipinski definition) is 1. The van der Waals surface area contributed by atoms with Gasteiger partial charge in [-0.25, -0.2) is 0 Å². The van der Waals surface area contributed by atoms with E-state index in [1.165, 1.54) is 22.0 Å². The van der Waals surface area contributed by atoms with Crippen molar-refractivity contribution in [3.05, 3.63) is 68.6 Å². The molecule has 1 aliphatic heterocycles. The summed E-state index contributed by atoms with van der Waals surface area (Å²) < 4.78 is 2.33. The zero-order chi connectivity index (χ0) is 13.9. The summed E-state index contributed by atoms with van der Waals surface area (Å²) in [6, 6.07) is 17.5. The summed E-state index contributed by atoms with van der Waals surface area (Å²) in [5, 5.41) is 3.54. The molecule has 0 aromatic heterocycles. The highest BCUT2D eigenvalue weighted by molar-refractivity contribution is 9.10. The minimum absolute atomic E-state index is 0.538. The topological polar surface area (TPSA) is 12.0 Å². The molecule has 2 unspecified atom stereocenters. The van der Waals surface area contributed by atoms with Crippen molar-refractivity contribution in [1.82, 2.24) is 5.32 Å². The van der Waals surface area contributed by atoms with Crippen LogP contribution in [0.3, 0.4) is 0 Å². The van der Waals surface area contributed by atoms with E-state index in [1.807, 2.05) is 0 Å². The Morgan fingerprint density at radius 1 is 0.850 bits per heavy atom. The highest BCUT2D eigenvalue weighted by Crippen LogP contribution is 2.38. The molecule has 0 radical (unpaired) electrons. The summed E-state index contributed by atoms with van der Waals surface area (Å²) >= 11 is 7.18. The molecular formula is C17H17Br2N. The summed E-state index contributed by atoms with van der Waals surface area (Å²) in [7, 11) is 0. The lowest BCUT2D eigenvalue weighted by molar-refractivity contribution is 0.404. The van der Waals surface area contributed by atoms with Crippen LogP contribution in [0.15, 0.2) is 57.5 Å². The molecule has 0 bridgehead atoms. The highest BCUT2D eigenvalue weighted by atomic mass is 79.9. The first kappa shape index (κ1) is 14.3. The van der Waals surface area contributed by atoms with Crippen molar-refractivity contribution in [2.45, 2.75) is 18.3 Å². The monoisotopic (exact) mass is 393 g/mol. The average Bonchev–Trinajstić information content (AvgIpc) is 2.47. The Balaban J connectivity index is 1.95. The van der Waals surface area contributed by atoms with E-state index in [1.54, 1.807) is 0 Å². The summed E-state index contributed by atoms with van der Waals surface area (Å²) in [5.41, 5.74) is 2.85. The Morgan fingerprint density at radius 3 is 2.05 bits per heavy atom. The standard InChI is InChI=1S/C17H17Br2N/c18-14-5-1-3-12(9-14)16-7-8-20-11-17(16)13-4-2-6-15(19)10-13/h1-6,9-10,16-17,20H,7-8,11H2. The lowest BCUT2D eigenvalue weighted by Gasteiger charge is -2.33. The number of hydrogen-bond donors (Lipinski definition) is 1. The molecule has 0 saturated carbocycles. The van der Waals surface area contributed by atoms with Crippen LogP contribution in [-0.4, -0.2) is 13.1 Å². The number of nitrogens with one attached hydrogen (secondary N) is 1. The number of rotatable bonds is 2. The maximum Gasteiger partial charge on any atom is 0.0178 e. The number of benzene rings is 2. The van der Waals surface area contributed by atoms with Gasteiger partial charge in [0.05, 0.1) is 0 Å². The molecule has 0 amide bonds. The lowest BCUT2D eigenvalue weighted by atomic mass is 9.77. The zero-order valence-corrected chi connectivity index (χ0v) is 14.3. The predicted octanol–water partition coefficient (Wildman–Crippen LogP) is 5.07. The van der Waals surface area contributed by atoms with E-state index in [-0.39, 0.29) is 0 Å². The van der Waals surface area contributed by atoms with E-state index in [0.717, 1.165) is 17.6 Å². The third-order valence-electron chi connectivity index (χ3n) is 4.04. The van der Waals surface area contributed by atoms with Crippen molar-refractivity contribution in [2.24, 2.45) is 0 Å². The molecule has 1 N–H and O–H groups in total. The Hall–Kier alpha value is -0.640. The van der Waals surface area contributed by atoms with Gasteiger partial charge in [-0.15, -0.1) is 0 Å². The van der Waals surface area contributed by atoms with Crippen LogP contribution in [0.4, 0.5) is 0 Å². The van der Waals surface area contributed by atoms with Gasteiger partial charge < -0.3 is 5.32 Å². The maximum atomic E-state index is 3.59. The van der Waals surface area contributed by atoms with Gasteiger partial charge in [0, 0.05) is 21.4 Å². The molecule has 3 heteroatoms. The van der Waals surface area contributed by atoms with Crippen molar-refractivity contribution in [3.63, 3.8) is 0 Å². The molecule has 1 nitrogen and oxygen atoms in total. The first-order valence-electron chi connectivity index (χ1n) is 6.95. The third-order valence-corrected chi connectivity index (χ3v) is 5.02. The normalized spacial score (nSPS) is 22.7. The molecule has 0 spiro atoms. The fourth-order valence-corrected chi connectivity index (χ4v) is 3.92. The molecule has 0 aliphatic carbocycles. The van der Waals surface area contributed by atoms with Crippen LogP contribution in [0, 0.1) is 0 Å². The second kappa shape index (κ2) is 6.42. The largest absolute Gasteiger partial charge is 0.316 e. The molecule has 104 valence electrons. The Labute approximate surface area is 137 Å². The van der Waals surface area contributed by atoms with Crippen LogP contribution in [-0.2, 0) is 0 Å². The van der Waals surface area contributed by atoms with E-state index < -0.39 is 0 Å². The quantitative estimate of drug-likeness (QED) is 0.749. The van der Waals surface area contributed by atoms with Crippen molar-refractivity contribution >= 4 is 31.9 Å². The van der Waals surface area contributed by atoms with Gasteiger partial charge in [-0.3, -0.25) is 0 Å². The maximum absolute atomic E-state index is 3.59. The van der Waals surface area contributed by atoms with E-state index in [9.17, 15) is 0 Å². The second-order valence-corrected chi connectivity index (χ2v) is 7.15. The smallest absolute Gasteiger partial charge is 0.0178 e. The molecule has 1 aliphatic rings. The Morgan fingerprint density at radius 2 is 1.45 bits per heavy atom. The molecule has 2 aromatic rings. The number of halogens is 2. The summed E-state index contributed by atoms with van der Waals surface area (Å²) in [4.78, 5) is 0. The van der Waals surface area contributed by atoms with E-state index in [4.69, 9.17) is 0 Å². The summed E-state index contributed by atoms with van der Waals surface area (Å²) in [6.45, 7) is 2.15. The first-order valence-corrected chi connectivity index (χ1v) is 8.54. The Kier molecular flexibility index (Phi) is 4.59. The molecule has 2 aromatic carbocycles. The molecule has 1 fully saturated rings. The minimum Gasteiger partial charge on any atom is -0.316 e. The van der Waals surface area contributed by atoms with Crippen LogP contribution in [0.5, 0.6) is 0 Å². The van der Waals surface area contributed by atoms with Gasteiger partial charge in [0.1, 0.15) is 0 Å². The van der Waals surface area contributed by atoms with Crippen molar-refractivity contribution in [1.29, 1.82) is 0 Å². The van der Waals surface area contributed by atoms with Gasteiger partial charge in [0.25, 0.3) is 0 Å². The van der Waals surface area contributed by atoms with Crippen molar-refractivity contribution in [3.8, 4) is 0 Å².